The topological polar surface area (TPSA) is 99.1 Å². The number of aliphatic carboxylic acids is 1. The van der Waals surface area contributed by atoms with E-state index in [0.717, 1.165) is 10.5 Å². The van der Waals surface area contributed by atoms with Crippen molar-refractivity contribution >= 4 is 12.0 Å². The second-order valence-electron chi connectivity index (χ2n) is 4.64. The van der Waals surface area contributed by atoms with Crippen LogP contribution in [-0.4, -0.2) is 65.6 Å². The van der Waals surface area contributed by atoms with Crippen molar-refractivity contribution in [3.05, 3.63) is 12.2 Å². The van der Waals surface area contributed by atoms with Crippen molar-refractivity contribution in [1.82, 2.24) is 10.2 Å². The van der Waals surface area contributed by atoms with E-state index in [1.54, 1.807) is 0 Å². The zero-order chi connectivity index (χ0) is 14.4. The molecule has 0 saturated carbocycles. The molecule has 7 nitrogen and oxygen atoms in total. The van der Waals surface area contributed by atoms with Crippen LogP contribution in [0.2, 0.25) is 0 Å². The first-order valence-electron chi connectivity index (χ1n) is 6.09. The molecular formula is C12H20N2O5. The van der Waals surface area contributed by atoms with Crippen molar-refractivity contribution in [2.45, 2.75) is 25.5 Å². The summed E-state index contributed by atoms with van der Waals surface area (Å²) in [4.78, 5) is 23.8. The van der Waals surface area contributed by atoms with Crippen LogP contribution in [0.25, 0.3) is 0 Å². The van der Waals surface area contributed by atoms with Gasteiger partial charge in [0.1, 0.15) is 6.04 Å². The lowest BCUT2D eigenvalue weighted by Gasteiger charge is -2.21. The third kappa shape index (κ3) is 4.88. The van der Waals surface area contributed by atoms with Crippen LogP contribution in [0.15, 0.2) is 12.2 Å². The molecule has 1 unspecified atom stereocenters. The number of hydrogen-bond donors (Lipinski definition) is 3. The third-order valence-electron chi connectivity index (χ3n) is 2.70. The molecule has 1 saturated heterocycles. The summed E-state index contributed by atoms with van der Waals surface area (Å²) in [5.41, 5.74) is 0.889. The average Bonchev–Trinajstić information content (AvgIpc) is 2.70. The van der Waals surface area contributed by atoms with Crippen LogP contribution < -0.4 is 5.32 Å². The van der Waals surface area contributed by atoms with Gasteiger partial charge in [0, 0.05) is 19.5 Å². The Bertz CT molecular complexity index is 358. The molecule has 0 aromatic carbocycles. The van der Waals surface area contributed by atoms with Gasteiger partial charge in [-0.15, -0.1) is 0 Å². The molecule has 1 rings (SSSR count). The molecule has 1 fully saturated rings. The van der Waals surface area contributed by atoms with E-state index >= 15 is 0 Å². The zero-order valence-corrected chi connectivity index (χ0v) is 11.0. The molecule has 1 aliphatic heterocycles. The van der Waals surface area contributed by atoms with E-state index in [0.29, 0.717) is 13.2 Å². The molecule has 0 spiro atoms. The van der Waals surface area contributed by atoms with Gasteiger partial charge in [0.2, 0.25) is 0 Å². The number of urea groups is 1. The Morgan fingerprint density at radius 2 is 2.21 bits per heavy atom. The number of ether oxygens (including phenoxy) is 1. The normalized spacial score (nSPS) is 22.3. The largest absolute Gasteiger partial charge is 0.480 e. The fourth-order valence-electron chi connectivity index (χ4n) is 1.85. The number of amides is 2. The Morgan fingerprint density at radius 1 is 1.53 bits per heavy atom. The van der Waals surface area contributed by atoms with Gasteiger partial charge in [0.15, 0.2) is 0 Å². The number of carbonyl (C=O) groups excluding carboxylic acids is 1. The van der Waals surface area contributed by atoms with Crippen LogP contribution in [0.3, 0.4) is 0 Å². The number of hydrogen-bond acceptors (Lipinski definition) is 4. The second kappa shape index (κ2) is 7.10. The third-order valence-corrected chi connectivity index (χ3v) is 2.70. The number of carboxylic acid groups (broad SMARTS) is 1. The van der Waals surface area contributed by atoms with Gasteiger partial charge in [0.05, 0.1) is 19.3 Å². The molecule has 0 aliphatic carbocycles. The van der Waals surface area contributed by atoms with Crippen molar-refractivity contribution in [3.63, 3.8) is 0 Å². The summed E-state index contributed by atoms with van der Waals surface area (Å²) >= 11 is 0. The minimum atomic E-state index is -1.11. The standard InChI is InChI=1S/C12H20N2O5/c1-8(2)7-19-4-3-13-12(18)14-6-9(15)5-10(14)11(16)17/h9-10,15H,1,3-7H2,2H3,(H,13,18)(H,16,17)/t9?,10-/m0/s1. The number of likely N-dealkylation sites (tertiary alicyclic amines) is 1. The van der Waals surface area contributed by atoms with Gasteiger partial charge in [0.25, 0.3) is 0 Å². The van der Waals surface area contributed by atoms with Crippen molar-refractivity contribution in [3.8, 4) is 0 Å². The van der Waals surface area contributed by atoms with Crippen LogP contribution in [-0.2, 0) is 9.53 Å². The SMILES string of the molecule is C=C(C)COCCNC(=O)N1CC(O)C[C@H]1C(=O)O. The monoisotopic (exact) mass is 272 g/mol. The average molecular weight is 272 g/mol. The second-order valence-corrected chi connectivity index (χ2v) is 4.64. The van der Waals surface area contributed by atoms with Gasteiger partial charge >= 0.3 is 12.0 Å². The maximum absolute atomic E-state index is 11.8. The molecule has 2 amide bonds. The summed E-state index contributed by atoms with van der Waals surface area (Å²) in [6.07, 6.45) is -0.721. The van der Waals surface area contributed by atoms with Crippen LogP contribution in [0.4, 0.5) is 4.79 Å². The fraction of sp³-hybridized carbons (Fsp3) is 0.667. The smallest absolute Gasteiger partial charge is 0.326 e. The van der Waals surface area contributed by atoms with E-state index in [9.17, 15) is 14.7 Å². The molecule has 1 heterocycles. The molecule has 108 valence electrons. The number of aliphatic hydroxyl groups excluding tert-OH is 1. The van der Waals surface area contributed by atoms with E-state index in [-0.39, 0.29) is 19.5 Å². The first-order chi connectivity index (χ1) is 8.91. The Morgan fingerprint density at radius 3 is 2.79 bits per heavy atom. The summed E-state index contributed by atoms with van der Waals surface area (Å²) in [5.74, 6) is -1.11. The van der Waals surface area contributed by atoms with Crippen LogP contribution in [0.1, 0.15) is 13.3 Å². The first-order valence-corrected chi connectivity index (χ1v) is 6.09. The van der Waals surface area contributed by atoms with Crippen molar-refractivity contribution in [1.29, 1.82) is 0 Å². The predicted octanol–water partition coefficient (Wildman–Crippen LogP) is -0.191. The highest BCUT2D eigenvalue weighted by molar-refractivity contribution is 5.83. The highest BCUT2D eigenvalue weighted by Gasteiger charge is 2.38. The van der Waals surface area contributed by atoms with Gasteiger partial charge < -0.3 is 25.2 Å². The number of nitrogens with one attached hydrogen (secondary N) is 1. The van der Waals surface area contributed by atoms with E-state index in [2.05, 4.69) is 11.9 Å². The summed E-state index contributed by atoms with van der Waals surface area (Å²) in [6, 6.07) is -1.46. The molecule has 0 aromatic rings. The quantitative estimate of drug-likeness (QED) is 0.460. The van der Waals surface area contributed by atoms with Gasteiger partial charge in [-0.3, -0.25) is 0 Å². The lowest BCUT2D eigenvalue weighted by atomic mass is 10.2. The molecule has 0 radical (unpaired) electrons. The van der Waals surface area contributed by atoms with E-state index in [1.165, 1.54) is 0 Å². The van der Waals surface area contributed by atoms with E-state index in [1.807, 2.05) is 6.92 Å². The van der Waals surface area contributed by atoms with Crippen molar-refractivity contribution in [2.24, 2.45) is 0 Å². The number of rotatable bonds is 6. The number of nitrogens with zero attached hydrogens (tertiary/aromatic N) is 1. The van der Waals surface area contributed by atoms with Gasteiger partial charge in [-0.1, -0.05) is 12.2 Å². The molecule has 3 N–H and O–H groups in total. The maximum atomic E-state index is 11.8. The molecular weight excluding hydrogens is 252 g/mol. The predicted molar refractivity (Wildman–Crippen MR) is 67.8 cm³/mol. The Balaban J connectivity index is 2.32. The van der Waals surface area contributed by atoms with E-state index < -0.39 is 24.1 Å². The molecule has 19 heavy (non-hydrogen) atoms. The van der Waals surface area contributed by atoms with Crippen LogP contribution in [0, 0.1) is 0 Å². The summed E-state index contributed by atoms with van der Waals surface area (Å²) in [6.45, 7) is 6.58. The highest BCUT2D eigenvalue weighted by Crippen LogP contribution is 2.17. The molecule has 1 aliphatic rings. The summed E-state index contributed by atoms with van der Waals surface area (Å²) < 4.78 is 5.21. The number of aliphatic hydroxyl groups is 1. The maximum Gasteiger partial charge on any atom is 0.326 e. The highest BCUT2D eigenvalue weighted by atomic mass is 16.5. The van der Waals surface area contributed by atoms with Gasteiger partial charge in [-0.05, 0) is 6.92 Å². The Kier molecular flexibility index (Phi) is 5.78. The van der Waals surface area contributed by atoms with Crippen LogP contribution in [0.5, 0.6) is 0 Å². The van der Waals surface area contributed by atoms with Crippen molar-refractivity contribution < 1.29 is 24.5 Å². The molecule has 2 atom stereocenters. The van der Waals surface area contributed by atoms with Gasteiger partial charge in [-0.25, -0.2) is 9.59 Å². The zero-order valence-electron chi connectivity index (χ0n) is 11.0. The number of carboxylic acids is 1. The van der Waals surface area contributed by atoms with E-state index in [4.69, 9.17) is 9.84 Å². The molecule has 0 bridgehead atoms. The summed E-state index contributed by atoms with van der Waals surface area (Å²) in [7, 11) is 0. The number of carbonyl (C=O) groups is 2. The fourth-order valence-corrected chi connectivity index (χ4v) is 1.85. The Labute approximate surface area is 111 Å². The Hall–Kier alpha value is -1.60. The minimum absolute atomic E-state index is 0.0371. The minimum Gasteiger partial charge on any atom is -0.480 e. The van der Waals surface area contributed by atoms with Gasteiger partial charge in [-0.2, -0.15) is 0 Å². The first kappa shape index (κ1) is 15.5. The number of β-amino-alcohol motifs (C(OH)–C–C–N with tert-alkyl or cyclic N) is 1. The molecule has 7 heteroatoms. The molecule has 0 aromatic heterocycles. The van der Waals surface area contributed by atoms with Crippen molar-refractivity contribution in [2.75, 3.05) is 26.3 Å². The summed E-state index contributed by atoms with van der Waals surface area (Å²) in [5, 5.41) is 20.9. The lowest BCUT2D eigenvalue weighted by Crippen LogP contribution is -2.46. The van der Waals surface area contributed by atoms with Crippen LogP contribution >= 0.6 is 0 Å². The lowest BCUT2D eigenvalue weighted by molar-refractivity contribution is -0.141.